The Bertz CT molecular complexity index is 370. The molecule has 0 aliphatic heterocycles. The van der Waals surface area contributed by atoms with E-state index in [1.807, 2.05) is 44.2 Å². The number of benzene rings is 1. The molecule has 1 aromatic carbocycles. The maximum Gasteiger partial charge on any atom is 0.162 e. The highest BCUT2D eigenvalue weighted by molar-refractivity contribution is 9.10. The number of nitrogens with two attached hydrogens (primary N) is 1. The predicted molar refractivity (Wildman–Crippen MR) is 78.0 cm³/mol. The second-order valence-corrected chi connectivity index (χ2v) is 4.73. The topological polar surface area (TPSA) is 44.5 Å². The van der Waals surface area contributed by atoms with Gasteiger partial charge in [-0.25, -0.2) is 0 Å². The Labute approximate surface area is 117 Å². The number of halogens is 1. The van der Waals surface area contributed by atoms with Crippen LogP contribution >= 0.6 is 15.9 Å². The lowest BCUT2D eigenvalue weighted by Crippen LogP contribution is -2.20. The molecule has 0 aromatic heterocycles. The molecule has 0 atom stereocenters. The summed E-state index contributed by atoms with van der Waals surface area (Å²) in [7, 11) is 0. The zero-order valence-electron chi connectivity index (χ0n) is 10.9. The van der Waals surface area contributed by atoms with Gasteiger partial charge < -0.3 is 15.2 Å². The highest BCUT2D eigenvalue weighted by atomic mass is 79.9. The second-order valence-electron chi connectivity index (χ2n) is 3.82. The van der Waals surface area contributed by atoms with E-state index in [9.17, 15) is 0 Å². The molecule has 4 heteroatoms. The standard InChI is InChI=1S/C14H20BrNO2/c1-3-17-14(18-4-2)10-13(16)9-11-5-7-12(15)8-6-11/h5-9,14H,3-4,10,16H2,1-2H3. The minimum atomic E-state index is -0.258. The van der Waals surface area contributed by atoms with Crippen LogP contribution in [0.3, 0.4) is 0 Å². The van der Waals surface area contributed by atoms with E-state index < -0.39 is 0 Å². The summed E-state index contributed by atoms with van der Waals surface area (Å²) in [5, 5.41) is 0. The molecule has 1 aromatic rings. The minimum absolute atomic E-state index is 0.258. The normalized spacial score (nSPS) is 12.1. The van der Waals surface area contributed by atoms with Gasteiger partial charge in [-0.2, -0.15) is 0 Å². The largest absolute Gasteiger partial charge is 0.402 e. The zero-order chi connectivity index (χ0) is 13.4. The van der Waals surface area contributed by atoms with Crippen LogP contribution in [0.25, 0.3) is 6.08 Å². The first-order chi connectivity index (χ1) is 8.65. The summed E-state index contributed by atoms with van der Waals surface area (Å²) in [6, 6.07) is 7.99. The fourth-order valence-corrected chi connectivity index (χ4v) is 1.83. The molecule has 0 aliphatic rings. The van der Waals surface area contributed by atoms with Crippen molar-refractivity contribution in [2.75, 3.05) is 13.2 Å². The Morgan fingerprint density at radius 2 is 1.78 bits per heavy atom. The summed E-state index contributed by atoms with van der Waals surface area (Å²) in [5.41, 5.74) is 7.82. The van der Waals surface area contributed by atoms with Crippen LogP contribution in [0.5, 0.6) is 0 Å². The van der Waals surface area contributed by atoms with Crippen molar-refractivity contribution in [3.63, 3.8) is 0 Å². The SMILES string of the molecule is CCOC(CC(N)=Cc1ccc(Br)cc1)OCC. The molecule has 1 rings (SSSR count). The van der Waals surface area contributed by atoms with E-state index in [2.05, 4.69) is 15.9 Å². The van der Waals surface area contributed by atoms with E-state index in [0.29, 0.717) is 19.6 Å². The van der Waals surface area contributed by atoms with E-state index in [1.165, 1.54) is 0 Å². The van der Waals surface area contributed by atoms with Gasteiger partial charge in [0.2, 0.25) is 0 Å². The van der Waals surface area contributed by atoms with Gasteiger partial charge in [-0.05, 0) is 37.6 Å². The fraction of sp³-hybridized carbons (Fsp3) is 0.429. The third kappa shape index (κ3) is 5.67. The molecule has 0 saturated heterocycles. The summed E-state index contributed by atoms with van der Waals surface area (Å²) in [4.78, 5) is 0. The van der Waals surface area contributed by atoms with Crippen LogP contribution in [0.15, 0.2) is 34.4 Å². The van der Waals surface area contributed by atoms with Crippen LogP contribution in [-0.2, 0) is 9.47 Å². The smallest absolute Gasteiger partial charge is 0.162 e. The molecular weight excluding hydrogens is 294 g/mol. The number of hydrogen-bond donors (Lipinski definition) is 1. The lowest BCUT2D eigenvalue weighted by Gasteiger charge is -2.16. The Morgan fingerprint density at radius 1 is 1.22 bits per heavy atom. The number of rotatable bonds is 7. The van der Waals surface area contributed by atoms with Crippen molar-refractivity contribution in [2.24, 2.45) is 5.73 Å². The van der Waals surface area contributed by atoms with E-state index in [1.54, 1.807) is 0 Å². The van der Waals surface area contributed by atoms with Crippen molar-refractivity contribution in [1.82, 2.24) is 0 Å². The molecule has 0 spiro atoms. The fourth-order valence-electron chi connectivity index (χ4n) is 1.56. The molecule has 0 fully saturated rings. The quantitative estimate of drug-likeness (QED) is 0.783. The summed E-state index contributed by atoms with van der Waals surface area (Å²) in [6.07, 6.45) is 2.27. The van der Waals surface area contributed by atoms with Crippen molar-refractivity contribution in [2.45, 2.75) is 26.6 Å². The molecule has 0 amide bonds. The van der Waals surface area contributed by atoms with Gasteiger partial charge in [0.25, 0.3) is 0 Å². The van der Waals surface area contributed by atoms with Crippen molar-refractivity contribution in [3.8, 4) is 0 Å². The number of ether oxygens (including phenoxy) is 2. The van der Waals surface area contributed by atoms with Crippen LogP contribution in [0.4, 0.5) is 0 Å². The predicted octanol–water partition coefficient (Wildman–Crippen LogP) is 3.54. The summed E-state index contributed by atoms with van der Waals surface area (Å²) < 4.78 is 12.0. The summed E-state index contributed by atoms with van der Waals surface area (Å²) >= 11 is 3.40. The average molecular weight is 314 g/mol. The third-order valence-corrected chi connectivity index (χ3v) is 2.86. The van der Waals surface area contributed by atoms with Gasteiger partial charge in [0.05, 0.1) is 0 Å². The first-order valence-electron chi connectivity index (χ1n) is 6.10. The van der Waals surface area contributed by atoms with E-state index in [-0.39, 0.29) is 6.29 Å². The van der Waals surface area contributed by atoms with E-state index in [0.717, 1.165) is 15.7 Å². The van der Waals surface area contributed by atoms with Crippen molar-refractivity contribution >= 4 is 22.0 Å². The first kappa shape index (κ1) is 15.2. The molecule has 3 nitrogen and oxygen atoms in total. The molecule has 0 bridgehead atoms. The van der Waals surface area contributed by atoms with Crippen LogP contribution in [0, 0.1) is 0 Å². The maximum atomic E-state index is 5.99. The molecular formula is C14H20BrNO2. The van der Waals surface area contributed by atoms with Gasteiger partial charge in [-0.1, -0.05) is 28.1 Å². The highest BCUT2D eigenvalue weighted by Crippen LogP contribution is 2.14. The van der Waals surface area contributed by atoms with Gasteiger partial charge in [-0.3, -0.25) is 0 Å². The van der Waals surface area contributed by atoms with E-state index >= 15 is 0 Å². The van der Waals surface area contributed by atoms with Crippen molar-refractivity contribution in [1.29, 1.82) is 0 Å². The molecule has 2 N–H and O–H groups in total. The van der Waals surface area contributed by atoms with Crippen molar-refractivity contribution in [3.05, 3.63) is 40.0 Å². The van der Waals surface area contributed by atoms with Crippen LogP contribution < -0.4 is 5.73 Å². The molecule has 0 radical (unpaired) electrons. The Hall–Kier alpha value is -0.840. The Morgan fingerprint density at radius 3 is 2.28 bits per heavy atom. The van der Waals surface area contributed by atoms with Crippen LogP contribution in [0.1, 0.15) is 25.8 Å². The average Bonchev–Trinajstić information content (AvgIpc) is 2.33. The molecule has 0 saturated carbocycles. The molecule has 0 unspecified atom stereocenters. The lowest BCUT2D eigenvalue weighted by molar-refractivity contribution is -0.134. The third-order valence-electron chi connectivity index (χ3n) is 2.33. The van der Waals surface area contributed by atoms with Crippen LogP contribution in [0.2, 0.25) is 0 Å². The summed E-state index contributed by atoms with van der Waals surface area (Å²) in [6.45, 7) is 5.13. The van der Waals surface area contributed by atoms with Gasteiger partial charge in [0, 0.05) is 29.8 Å². The van der Waals surface area contributed by atoms with Gasteiger partial charge in [0.1, 0.15) is 0 Å². The Balaban J connectivity index is 2.61. The van der Waals surface area contributed by atoms with Crippen molar-refractivity contribution < 1.29 is 9.47 Å². The monoisotopic (exact) mass is 313 g/mol. The molecule has 100 valence electrons. The minimum Gasteiger partial charge on any atom is -0.402 e. The summed E-state index contributed by atoms with van der Waals surface area (Å²) in [5.74, 6) is 0. The lowest BCUT2D eigenvalue weighted by atomic mass is 10.1. The van der Waals surface area contributed by atoms with Crippen LogP contribution in [-0.4, -0.2) is 19.5 Å². The molecule has 0 heterocycles. The highest BCUT2D eigenvalue weighted by Gasteiger charge is 2.08. The Kier molecular flexibility index (Phi) is 7.01. The zero-order valence-corrected chi connectivity index (χ0v) is 12.4. The number of hydrogen-bond acceptors (Lipinski definition) is 3. The van der Waals surface area contributed by atoms with Gasteiger partial charge in [-0.15, -0.1) is 0 Å². The molecule has 0 aliphatic carbocycles. The maximum absolute atomic E-state index is 5.99. The molecule has 18 heavy (non-hydrogen) atoms. The van der Waals surface area contributed by atoms with Gasteiger partial charge >= 0.3 is 0 Å². The second kappa shape index (κ2) is 8.29. The first-order valence-corrected chi connectivity index (χ1v) is 6.89. The van der Waals surface area contributed by atoms with Gasteiger partial charge in [0.15, 0.2) is 6.29 Å². The van der Waals surface area contributed by atoms with E-state index in [4.69, 9.17) is 15.2 Å².